The van der Waals surface area contributed by atoms with Gasteiger partial charge >= 0.3 is 0 Å². The first-order chi connectivity index (χ1) is 10.7. The van der Waals surface area contributed by atoms with Crippen molar-refractivity contribution in [2.75, 3.05) is 13.7 Å². The quantitative estimate of drug-likeness (QED) is 0.705. The predicted octanol–water partition coefficient (Wildman–Crippen LogP) is 3.55. The largest absolute Gasteiger partial charge is 0.508 e. The zero-order valence-corrected chi connectivity index (χ0v) is 12.3. The highest BCUT2D eigenvalue weighted by molar-refractivity contribution is 5.74. The van der Waals surface area contributed by atoms with Gasteiger partial charge < -0.3 is 19.0 Å². The molecule has 0 saturated carbocycles. The maximum atomic E-state index is 9.40. The van der Waals surface area contributed by atoms with Gasteiger partial charge in [-0.1, -0.05) is 0 Å². The Morgan fingerprint density at radius 1 is 1.09 bits per heavy atom. The number of methoxy groups -OCH3 is 1. The molecule has 0 saturated heterocycles. The lowest BCUT2D eigenvalue weighted by molar-refractivity contribution is 0.305. The molecule has 0 amide bonds. The first-order valence-corrected chi connectivity index (χ1v) is 7.10. The summed E-state index contributed by atoms with van der Waals surface area (Å²) in [5.41, 5.74) is 1.36. The van der Waals surface area contributed by atoms with Gasteiger partial charge in [0.15, 0.2) is 11.5 Å². The Kier molecular flexibility index (Phi) is 4.14. The molecule has 1 aromatic heterocycles. The van der Waals surface area contributed by atoms with Crippen molar-refractivity contribution in [3.8, 4) is 17.2 Å². The number of phenolic OH excluding ortho intramolecular Hbond substituents is 1. The monoisotopic (exact) mass is 299 g/mol. The molecule has 1 heterocycles. The van der Waals surface area contributed by atoms with Gasteiger partial charge in [-0.15, -0.1) is 0 Å². The zero-order valence-electron chi connectivity index (χ0n) is 12.3. The van der Waals surface area contributed by atoms with E-state index in [1.54, 1.807) is 25.3 Å². The molecule has 0 aliphatic carbocycles. The summed E-state index contributed by atoms with van der Waals surface area (Å²) in [6.07, 6.45) is 1.48. The highest BCUT2D eigenvalue weighted by atomic mass is 16.5. The molecule has 0 fully saturated rings. The van der Waals surface area contributed by atoms with E-state index in [0.717, 1.165) is 23.4 Å². The fraction of sp³-hybridized carbons (Fsp3) is 0.235. The minimum absolute atomic E-state index is 0.179. The minimum atomic E-state index is 0.179. The van der Waals surface area contributed by atoms with Crippen LogP contribution >= 0.6 is 0 Å². The summed E-state index contributed by atoms with van der Waals surface area (Å²) in [6.45, 7) is 0.580. The van der Waals surface area contributed by atoms with Crippen molar-refractivity contribution in [3.63, 3.8) is 0 Å². The maximum Gasteiger partial charge on any atom is 0.195 e. The van der Waals surface area contributed by atoms with E-state index in [1.165, 1.54) is 0 Å². The molecule has 0 bridgehead atoms. The molecule has 3 aromatic rings. The second kappa shape index (κ2) is 6.39. The van der Waals surface area contributed by atoms with Crippen molar-refractivity contribution in [2.45, 2.75) is 12.8 Å². The molecule has 1 N–H and O–H groups in total. The van der Waals surface area contributed by atoms with E-state index in [1.807, 2.05) is 24.3 Å². The number of oxazole rings is 1. The van der Waals surface area contributed by atoms with E-state index in [4.69, 9.17) is 13.9 Å². The Hall–Kier alpha value is -2.69. The van der Waals surface area contributed by atoms with Crippen LogP contribution in [0.4, 0.5) is 0 Å². The second-order valence-corrected chi connectivity index (χ2v) is 4.89. The van der Waals surface area contributed by atoms with Crippen LogP contribution in [0.5, 0.6) is 17.2 Å². The number of aromatic nitrogens is 1. The molecule has 0 radical (unpaired) electrons. The van der Waals surface area contributed by atoms with Crippen LogP contribution < -0.4 is 9.47 Å². The second-order valence-electron chi connectivity index (χ2n) is 4.89. The molecule has 0 aliphatic rings. The highest BCUT2D eigenvalue weighted by Gasteiger charge is 2.06. The minimum Gasteiger partial charge on any atom is -0.508 e. The van der Waals surface area contributed by atoms with Gasteiger partial charge in [-0.25, -0.2) is 4.98 Å². The van der Waals surface area contributed by atoms with Crippen LogP contribution in [0.3, 0.4) is 0 Å². The smallest absolute Gasteiger partial charge is 0.195 e. The summed E-state index contributed by atoms with van der Waals surface area (Å²) < 4.78 is 16.3. The van der Waals surface area contributed by atoms with Crippen molar-refractivity contribution < 1.29 is 19.0 Å². The van der Waals surface area contributed by atoms with Gasteiger partial charge in [0.2, 0.25) is 0 Å². The van der Waals surface area contributed by atoms with E-state index >= 15 is 0 Å². The molecule has 22 heavy (non-hydrogen) atoms. The fourth-order valence-corrected chi connectivity index (χ4v) is 2.15. The molecule has 3 rings (SSSR count). The number of hydrogen-bond acceptors (Lipinski definition) is 5. The van der Waals surface area contributed by atoms with Crippen LogP contribution in [-0.2, 0) is 6.42 Å². The van der Waals surface area contributed by atoms with Crippen LogP contribution in [-0.4, -0.2) is 23.8 Å². The summed E-state index contributed by atoms with van der Waals surface area (Å²) in [5.74, 6) is 2.45. The number of phenols is 1. The molecule has 114 valence electrons. The van der Waals surface area contributed by atoms with E-state index < -0.39 is 0 Å². The van der Waals surface area contributed by atoms with E-state index in [2.05, 4.69) is 4.98 Å². The van der Waals surface area contributed by atoms with E-state index in [9.17, 15) is 5.11 Å². The van der Waals surface area contributed by atoms with Crippen molar-refractivity contribution in [3.05, 3.63) is 48.4 Å². The van der Waals surface area contributed by atoms with Gasteiger partial charge in [0, 0.05) is 12.5 Å². The normalized spacial score (nSPS) is 10.8. The average molecular weight is 299 g/mol. The van der Waals surface area contributed by atoms with Crippen LogP contribution in [0.1, 0.15) is 12.3 Å². The summed E-state index contributed by atoms with van der Waals surface area (Å²) in [6, 6.07) is 12.4. The van der Waals surface area contributed by atoms with Crippen molar-refractivity contribution in [1.82, 2.24) is 4.98 Å². The average Bonchev–Trinajstić information content (AvgIpc) is 2.94. The summed E-state index contributed by atoms with van der Waals surface area (Å²) in [5, 5.41) is 9.40. The molecule has 5 nitrogen and oxygen atoms in total. The number of benzene rings is 2. The molecule has 0 unspecified atom stereocenters. The lowest BCUT2D eigenvalue weighted by atomic mass is 10.3. The molecule has 2 aromatic carbocycles. The third-order valence-corrected chi connectivity index (χ3v) is 3.28. The summed E-state index contributed by atoms with van der Waals surface area (Å²) in [4.78, 5) is 4.37. The van der Waals surface area contributed by atoms with Gasteiger partial charge in [-0.2, -0.15) is 0 Å². The van der Waals surface area contributed by atoms with Crippen LogP contribution in [0.25, 0.3) is 11.1 Å². The summed E-state index contributed by atoms with van der Waals surface area (Å²) >= 11 is 0. The SMILES string of the molecule is COc1ccc(OCCCc2nc3ccc(O)cc3o2)cc1. The van der Waals surface area contributed by atoms with Crippen molar-refractivity contribution >= 4 is 11.1 Å². The lowest BCUT2D eigenvalue weighted by Gasteiger charge is -2.06. The Labute approximate surface area is 128 Å². The molecule has 0 aliphatic heterocycles. The fourth-order valence-electron chi connectivity index (χ4n) is 2.15. The first-order valence-electron chi connectivity index (χ1n) is 7.10. The van der Waals surface area contributed by atoms with E-state index in [-0.39, 0.29) is 5.75 Å². The van der Waals surface area contributed by atoms with Gasteiger partial charge in [0.05, 0.1) is 13.7 Å². The molecule has 0 spiro atoms. The van der Waals surface area contributed by atoms with Gasteiger partial charge in [0.25, 0.3) is 0 Å². The maximum absolute atomic E-state index is 9.40. The Bertz CT molecular complexity index is 749. The van der Waals surface area contributed by atoms with Crippen LogP contribution in [0, 0.1) is 0 Å². The Balaban J connectivity index is 1.51. The van der Waals surface area contributed by atoms with E-state index in [0.29, 0.717) is 24.5 Å². The van der Waals surface area contributed by atoms with Crippen molar-refractivity contribution in [2.24, 2.45) is 0 Å². The van der Waals surface area contributed by atoms with Crippen LogP contribution in [0.2, 0.25) is 0 Å². The van der Waals surface area contributed by atoms with Gasteiger partial charge in [0.1, 0.15) is 22.8 Å². The third kappa shape index (κ3) is 3.31. The number of fused-ring (bicyclic) bond motifs is 1. The summed E-state index contributed by atoms with van der Waals surface area (Å²) in [7, 11) is 1.63. The third-order valence-electron chi connectivity index (χ3n) is 3.28. The number of rotatable bonds is 6. The highest BCUT2D eigenvalue weighted by Crippen LogP contribution is 2.21. The topological polar surface area (TPSA) is 64.7 Å². The molecule has 5 heteroatoms. The van der Waals surface area contributed by atoms with Gasteiger partial charge in [-0.05, 0) is 42.8 Å². The Morgan fingerprint density at radius 2 is 1.86 bits per heavy atom. The number of hydrogen-bond donors (Lipinski definition) is 1. The number of aryl methyl sites for hydroxylation is 1. The number of aromatic hydroxyl groups is 1. The zero-order chi connectivity index (χ0) is 15.4. The van der Waals surface area contributed by atoms with Gasteiger partial charge in [-0.3, -0.25) is 0 Å². The molecule has 0 atom stereocenters. The Morgan fingerprint density at radius 3 is 2.64 bits per heavy atom. The van der Waals surface area contributed by atoms with Crippen molar-refractivity contribution in [1.29, 1.82) is 0 Å². The number of nitrogens with zero attached hydrogens (tertiary/aromatic N) is 1. The standard InChI is InChI=1S/C17H17NO4/c1-20-13-5-7-14(8-6-13)21-10-2-3-17-18-15-9-4-12(19)11-16(15)22-17/h4-9,11,19H,2-3,10H2,1H3. The van der Waals surface area contributed by atoms with Crippen LogP contribution in [0.15, 0.2) is 46.9 Å². The first kappa shape index (κ1) is 14.3. The predicted molar refractivity (Wildman–Crippen MR) is 82.5 cm³/mol. The lowest BCUT2D eigenvalue weighted by Crippen LogP contribution is -1.99. The molecular formula is C17H17NO4. The molecular weight excluding hydrogens is 282 g/mol. The number of ether oxygens (including phenoxy) is 2.